The zero-order valence-electron chi connectivity index (χ0n) is 10.9. The minimum Gasteiger partial charge on any atom is -0.324 e. The molecule has 0 amide bonds. The van der Waals surface area contributed by atoms with Gasteiger partial charge in [0.15, 0.2) is 0 Å². The highest BCUT2D eigenvalue weighted by Gasteiger charge is 2.58. The van der Waals surface area contributed by atoms with Crippen molar-refractivity contribution in [1.82, 2.24) is 5.32 Å². The lowest BCUT2D eigenvalue weighted by atomic mass is 9.49. The molecule has 1 unspecified atom stereocenters. The molecule has 92 valence electrons. The molecule has 2 atom stereocenters. The topological polar surface area (TPSA) is 61.8 Å². The van der Waals surface area contributed by atoms with Crippen molar-refractivity contribution < 1.29 is 0 Å². The van der Waals surface area contributed by atoms with Crippen LogP contribution in [0.5, 0.6) is 0 Å². The second-order valence-electron chi connectivity index (χ2n) is 6.09. The van der Waals surface area contributed by atoms with E-state index in [2.05, 4.69) is 38.7 Å². The van der Waals surface area contributed by atoms with Gasteiger partial charge in [-0.15, -0.1) is 0 Å². The van der Waals surface area contributed by atoms with Crippen LogP contribution < -0.4 is 11.1 Å². The van der Waals surface area contributed by atoms with Gasteiger partial charge in [-0.3, -0.25) is 0 Å². The Balaban J connectivity index is 2.65. The van der Waals surface area contributed by atoms with Crippen LogP contribution in [-0.2, 0) is 0 Å². The summed E-state index contributed by atoms with van der Waals surface area (Å²) < 4.78 is 0. The summed E-state index contributed by atoms with van der Waals surface area (Å²) in [4.78, 5) is 0. The standard InChI is InChI=1S/C14H21N3/c1-10-11(8-15)7-13(4)9-17-6-5-14(13,16)12(10,2)3/h7,17H,1,5-6,9,16H2,2-4H3/t13?,14-/m1/s1. The molecule has 1 heterocycles. The Morgan fingerprint density at radius 3 is 2.71 bits per heavy atom. The Morgan fingerprint density at radius 1 is 1.47 bits per heavy atom. The van der Waals surface area contributed by atoms with Crippen LogP contribution in [0.15, 0.2) is 23.8 Å². The fraction of sp³-hybridized carbons (Fsp3) is 0.643. The number of piperidine rings is 1. The molecule has 0 radical (unpaired) electrons. The molecule has 0 spiro atoms. The predicted molar refractivity (Wildman–Crippen MR) is 69.1 cm³/mol. The van der Waals surface area contributed by atoms with Crippen molar-refractivity contribution in [2.75, 3.05) is 13.1 Å². The van der Waals surface area contributed by atoms with E-state index in [4.69, 9.17) is 5.73 Å². The zero-order chi connectivity index (χ0) is 12.9. The lowest BCUT2D eigenvalue weighted by molar-refractivity contribution is 0.0418. The molecule has 2 rings (SSSR count). The van der Waals surface area contributed by atoms with Gasteiger partial charge in [0.05, 0.1) is 11.6 Å². The predicted octanol–water partition coefficient (Wildman–Crippen LogP) is 1.73. The number of hydrogen-bond donors (Lipinski definition) is 2. The summed E-state index contributed by atoms with van der Waals surface area (Å²) in [6.45, 7) is 12.2. The monoisotopic (exact) mass is 231 g/mol. The molecule has 2 aliphatic rings. The molecular formula is C14H21N3. The SMILES string of the molecule is C=C1C(C#N)=CC2(C)CNCC[C@@]2(N)C1(C)C. The quantitative estimate of drug-likeness (QED) is 0.667. The molecular weight excluding hydrogens is 210 g/mol. The fourth-order valence-electron chi connectivity index (χ4n) is 3.39. The average Bonchev–Trinajstić information content (AvgIpc) is 2.28. The first kappa shape index (κ1) is 12.3. The summed E-state index contributed by atoms with van der Waals surface area (Å²) in [6, 6.07) is 2.26. The van der Waals surface area contributed by atoms with Gasteiger partial charge in [-0.05, 0) is 18.5 Å². The third-order valence-corrected chi connectivity index (χ3v) is 4.99. The van der Waals surface area contributed by atoms with E-state index in [0.29, 0.717) is 5.57 Å². The van der Waals surface area contributed by atoms with E-state index < -0.39 is 0 Å². The van der Waals surface area contributed by atoms with E-state index in [9.17, 15) is 5.26 Å². The van der Waals surface area contributed by atoms with Crippen LogP contribution in [-0.4, -0.2) is 18.6 Å². The third kappa shape index (κ3) is 1.34. The first-order valence-corrected chi connectivity index (χ1v) is 6.11. The Bertz CT molecular complexity index is 441. The molecule has 3 heteroatoms. The van der Waals surface area contributed by atoms with E-state index in [1.54, 1.807) is 0 Å². The summed E-state index contributed by atoms with van der Waals surface area (Å²) in [6.07, 6.45) is 2.93. The van der Waals surface area contributed by atoms with Crippen LogP contribution in [0.25, 0.3) is 0 Å². The number of nitrogens with zero attached hydrogens (tertiary/aromatic N) is 1. The number of nitrogens with one attached hydrogen (secondary N) is 1. The van der Waals surface area contributed by atoms with Crippen molar-refractivity contribution in [3.05, 3.63) is 23.8 Å². The summed E-state index contributed by atoms with van der Waals surface area (Å²) in [5.41, 5.74) is 7.55. The molecule has 17 heavy (non-hydrogen) atoms. The van der Waals surface area contributed by atoms with Gasteiger partial charge in [-0.25, -0.2) is 0 Å². The van der Waals surface area contributed by atoms with Crippen LogP contribution in [0, 0.1) is 22.2 Å². The Labute approximate surface area is 103 Å². The Morgan fingerprint density at radius 2 is 2.12 bits per heavy atom. The zero-order valence-corrected chi connectivity index (χ0v) is 10.9. The summed E-state index contributed by atoms with van der Waals surface area (Å²) >= 11 is 0. The maximum Gasteiger partial charge on any atom is 0.0991 e. The molecule has 0 bridgehead atoms. The molecule has 1 aliphatic carbocycles. The number of nitriles is 1. The third-order valence-electron chi connectivity index (χ3n) is 4.99. The minimum absolute atomic E-state index is 0.180. The van der Waals surface area contributed by atoms with E-state index >= 15 is 0 Å². The van der Waals surface area contributed by atoms with Crippen molar-refractivity contribution in [3.8, 4) is 6.07 Å². The molecule has 0 saturated carbocycles. The fourth-order valence-corrected chi connectivity index (χ4v) is 3.39. The van der Waals surface area contributed by atoms with E-state index in [1.807, 2.05) is 6.08 Å². The van der Waals surface area contributed by atoms with Crippen molar-refractivity contribution in [3.63, 3.8) is 0 Å². The molecule has 1 aliphatic heterocycles. The smallest absolute Gasteiger partial charge is 0.0991 e. The Kier molecular flexibility index (Phi) is 2.50. The van der Waals surface area contributed by atoms with Gasteiger partial charge in [0, 0.05) is 22.9 Å². The van der Waals surface area contributed by atoms with Gasteiger partial charge >= 0.3 is 0 Å². The van der Waals surface area contributed by atoms with E-state index in [-0.39, 0.29) is 16.4 Å². The first-order chi connectivity index (χ1) is 7.78. The van der Waals surface area contributed by atoms with Gasteiger partial charge in [0.2, 0.25) is 0 Å². The summed E-state index contributed by atoms with van der Waals surface area (Å²) in [5.74, 6) is 0. The average molecular weight is 231 g/mol. The highest BCUT2D eigenvalue weighted by molar-refractivity contribution is 5.52. The summed E-state index contributed by atoms with van der Waals surface area (Å²) in [7, 11) is 0. The number of hydrogen-bond acceptors (Lipinski definition) is 3. The van der Waals surface area contributed by atoms with Crippen LogP contribution in [0.1, 0.15) is 27.2 Å². The van der Waals surface area contributed by atoms with Crippen molar-refractivity contribution in [1.29, 1.82) is 5.26 Å². The maximum atomic E-state index is 9.24. The minimum atomic E-state index is -0.331. The normalized spacial score (nSPS) is 40.2. The number of rotatable bonds is 0. The van der Waals surface area contributed by atoms with Crippen molar-refractivity contribution >= 4 is 0 Å². The highest BCUT2D eigenvalue weighted by atomic mass is 15.0. The van der Waals surface area contributed by atoms with Crippen LogP contribution in [0.2, 0.25) is 0 Å². The lowest BCUT2D eigenvalue weighted by Gasteiger charge is -2.60. The van der Waals surface area contributed by atoms with E-state index in [1.165, 1.54) is 0 Å². The van der Waals surface area contributed by atoms with Gasteiger partial charge in [-0.1, -0.05) is 33.4 Å². The number of allylic oxidation sites excluding steroid dienone is 1. The highest BCUT2D eigenvalue weighted by Crippen LogP contribution is 2.55. The molecule has 0 aromatic carbocycles. The molecule has 1 fully saturated rings. The van der Waals surface area contributed by atoms with Crippen LogP contribution >= 0.6 is 0 Å². The lowest BCUT2D eigenvalue weighted by Crippen LogP contribution is -2.70. The molecule has 1 saturated heterocycles. The summed E-state index contributed by atoms with van der Waals surface area (Å²) in [5, 5.41) is 12.6. The van der Waals surface area contributed by atoms with Gasteiger partial charge in [-0.2, -0.15) is 5.26 Å². The second-order valence-corrected chi connectivity index (χ2v) is 6.09. The van der Waals surface area contributed by atoms with Crippen molar-refractivity contribution in [2.45, 2.75) is 32.7 Å². The molecule has 3 nitrogen and oxygen atoms in total. The molecule has 0 aromatic heterocycles. The van der Waals surface area contributed by atoms with Crippen LogP contribution in [0.3, 0.4) is 0 Å². The van der Waals surface area contributed by atoms with Gasteiger partial charge < -0.3 is 11.1 Å². The molecule has 3 N–H and O–H groups in total. The second kappa shape index (κ2) is 3.44. The first-order valence-electron chi connectivity index (χ1n) is 6.11. The van der Waals surface area contributed by atoms with E-state index in [0.717, 1.165) is 25.1 Å². The van der Waals surface area contributed by atoms with Crippen LogP contribution in [0.4, 0.5) is 0 Å². The number of nitrogens with two attached hydrogens (primary N) is 1. The molecule has 0 aromatic rings. The maximum absolute atomic E-state index is 9.24. The Hall–Kier alpha value is -1.11. The van der Waals surface area contributed by atoms with Gasteiger partial charge in [0.1, 0.15) is 0 Å². The number of fused-ring (bicyclic) bond motifs is 1. The van der Waals surface area contributed by atoms with Crippen molar-refractivity contribution in [2.24, 2.45) is 16.6 Å². The largest absolute Gasteiger partial charge is 0.324 e. The van der Waals surface area contributed by atoms with Gasteiger partial charge in [0.25, 0.3) is 0 Å².